The lowest BCUT2D eigenvalue weighted by Gasteiger charge is -2.28. The summed E-state index contributed by atoms with van der Waals surface area (Å²) in [4.78, 5) is 6.74. The lowest BCUT2D eigenvalue weighted by molar-refractivity contribution is 0.314. The van der Waals surface area contributed by atoms with E-state index in [4.69, 9.17) is 4.74 Å². The first-order valence-electron chi connectivity index (χ1n) is 5.26. The minimum atomic E-state index is 0.718. The molecular weight excluding hydrogens is 220 g/mol. The number of fused-ring (bicyclic) bond motifs is 1. The van der Waals surface area contributed by atoms with Gasteiger partial charge in [-0.3, -0.25) is 0 Å². The maximum atomic E-state index is 5.62. The molecular formula is C12H12N2OS. The van der Waals surface area contributed by atoms with Crippen molar-refractivity contribution in [3.8, 4) is 5.75 Å². The van der Waals surface area contributed by atoms with Crippen LogP contribution < -0.4 is 9.64 Å². The van der Waals surface area contributed by atoms with Crippen LogP contribution in [0.5, 0.6) is 5.75 Å². The van der Waals surface area contributed by atoms with Crippen LogP contribution in [-0.2, 0) is 0 Å². The van der Waals surface area contributed by atoms with Gasteiger partial charge in [0.25, 0.3) is 0 Å². The van der Waals surface area contributed by atoms with Crippen LogP contribution in [0.1, 0.15) is 5.69 Å². The maximum absolute atomic E-state index is 5.62. The molecule has 1 aliphatic rings. The standard InChI is InChI=1S/C12H12N2OS/c1-9-8-16-12(13-9)14-6-7-15-11-5-3-2-4-10(11)14/h2-5,8H,6-7H2,1H3. The molecule has 1 aromatic heterocycles. The predicted octanol–water partition coefficient (Wildman–Crippen LogP) is 2.98. The molecule has 0 unspecified atom stereocenters. The van der Waals surface area contributed by atoms with Crippen molar-refractivity contribution in [2.75, 3.05) is 18.1 Å². The molecule has 0 N–H and O–H groups in total. The zero-order chi connectivity index (χ0) is 11.0. The van der Waals surface area contributed by atoms with Gasteiger partial charge in [0.1, 0.15) is 12.4 Å². The van der Waals surface area contributed by atoms with E-state index in [1.807, 2.05) is 25.1 Å². The number of rotatable bonds is 1. The highest BCUT2D eigenvalue weighted by molar-refractivity contribution is 7.13. The van der Waals surface area contributed by atoms with Gasteiger partial charge in [-0.15, -0.1) is 11.3 Å². The third-order valence-electron chi connectivity index (χ3n) is 2.57. The maximum Gasteiger partial charge on any atom is 0.190 e. The molecule has 16 heavy (non-hydrogen) atoms. The highest BCUT2D eigenvalue weighted by Crippen LogP contribution is 2.37. The van der Waals surface area contributed by atoms with Gasteiger partial charge in [0, 0.05) is 5.38 Å². The molecule has 0 aliphatic carbocycles. The Morgan fingerprint density at radius 3 is 3.06 bits per heavy atom. The van der Waals surface area contributed by atoms with Crippen LogP contribution in [0.25, 0.3) is 0 Å². The molecule has 0 fully saturated rings. The fourth-order valence-corrected chi connectivity index (χ4v) is 2.68. The van der Waals surface area contributed by atoms with E-state index in [1.54, 1.807) is 11.3 Å². The Morgan fingerprint density at radius 2 is 2.25 bits per heavy atom. The topological polar surface area (TPSA) is 25.4 Å². The van der Waals surface area contributed by atoms with E-state index in [0.29, 0.717) is 0 Å². The first-order chi connectivity index (χ1) is 7.84. The van der Waals surface area contributed by atoms with Gasteiger partial charge in [-0.05, 0) is 19.1 Å². The normalized spacial score (nSPS) is 14.4. The van der Waals surface area contributed by atoms with Crippen LogP contribution in [0, 0.1) is 6.92 Å². The lowest BCUT2D eigenvalue weighted by atomic mass is 10.2. The highest BCUT2D eigenvalue weighted by atomic mass is 32.1. The van der Waals surface area contributed by atoms with Crippen molar-refractivity contribution in [1.29, 1.82) is 0 Å². The zero-order valence-corrected chi connectivity index (χ0v) is 9.83. The van der Waals surface area contributed by atoms with Gasteiger partial charge >= 0.3 is 0 Å². The molecule has 0 atom stereocenters. The van der Waals surface area contributed by atoms with Crippen molar-refractivity contribution in [3.05, 3.63) is 35.3 Å². The van der Waals surface area contributed by atoms with E-state index in [-0.39, 0.29) is 0 Å². The number of aryl methyl sites for hydroxylation is 1. The number of anilines is 2. The summed E-state index contributed by atoms with van der Waals surface area (Å²) in [6.45, 7) is 3.60. The number of para-hydroxylation sites is 2. The van der Waals surface area contributed by atoms with E-state index in [0.717, 1.165) is 35.4 Å². The summed E-state index contributed by atoms with van der Waals surface area (Å²) in [7, 11) is 0. The van der Waals surface area contributed by atoms with E-state index in [9.17, 15) is 0 Å². The first kappa shape index (κ1) is 9.66. The van der Waals surface area contributed by atoms with Gasteiger partial charge in [-0.2, -0.15) is 0 Å². The van der Waals surface area contributed by atoms with Gasteiger partial charge in [-0.1, -0.05) is 12.1 Å². The lowest BCUT2D eigenvalue weighted by Crippen LogP contribution is -2.28. The summed E-state index contributed by atoms with van der Waals surface area (Å²) in [5.41, 5.74) is 2.19. The van der Waals surface area contributed by atoms with E-state index >= 15 is 0 Å². The van der Waals surface area contributed by atoms with Crippen molar-refractivity contribution < 1.29 is 4.74 Å². The quantitative estimate of drug-likeness (QED) is 0.755. The second-order valence-electron chi connectivity index (χ2n) is 3.74. The van der Waals surface area contributed by atoms with Crippen LogP contribution >= 0.6 is 11.3 Å². The average Bonchev–Trinajstić information content (AvgIpc) is 2.75. The Bertz CT molecular complexity index is 509. The molecule has 0 amide bonds. The van der Waals surface area contributed by atoms with Crippen LogP contribution in [0.3, 0.4) is 0 Å². The number of hydrogen-bond acceptors (Lipinski definition) is 4. The van der Waals surface area contributed by atoms with Crippen LogP contribution in [0.15, 0.2) is 29.6 Å². The molecule has 2 aromatic rings. The second kappa shape index (κ2) is 3.79. The smallest absolute Gasteiger partial charge is 0.190 e. The number of ether oxygens (including phenoxy) is 1. The SMILES string of the molecule is Cc1csc(N2CCOc3ccccc32)n1. The molecule has 1 aliphatic heterocycles. The molecule has 2 heterocycles. The fraction of sp³-hybridized carbons (Fsp3) is 0.250. The van der Waals surface area contributed by atoms with E-state index in [1.165, 1.54) is 0 Å². The van der Waals surface area contributed by atoms with Crippen LogP contribution in [0.4, 0.5) is 10.8 Å². The molecule has 1 aromatic carbocycles. The number of nitrogens with zero attached hydrogens (tertiary/aromatic N) is 2. The molecule has 4 heteroatoms. The van der Waals surface area contributed by atoms with Crippen LogP contribution in [-0.4, -0.2) is 18.1 Å². The monoisotopic (exact) mass is 232 g/mol. The molecule has 0 saturated carbocycles. The third-order valence-corrected chi connectivity index (χ3v) is 3.55. The second-order valence-corrected chi connectivity index (χ2v) is 4.58. The van der Waals surface area contributed by atoms with Crippen molar-refractivity contribution in [1.82, 2.24) is 4.98 Å². The molecule has 0 bridgehead atoms. The highest BCUT2D eigenvalue weighted by Gasteiger charge is 2.20. The van der Waals surface area contributed by atoms with Gasteiger partial charge in [0.05, 0.1) is 17.9 Å². The van der Waals surface area contributed by atoms with Gasteiger partial charge < -0.3 is 9.64 Å². The Hall–Kier alpha value is -1.55. The van der Waals surface area contributed by atoms with Crippen molar-refractivity contribution >= 4 is 22.2 Å². The summed E-state index contributed by atoms with van der Waals surface area (Å²) in [5.74, 6) is 0.946. The Morgan fingerprint density at radius 1 is 1.38 bits per heavy atom. The van der Waals surface area contributed by atoms with Crippen molar-refractivity contribution in [3.63, 3.8) is 0 Å². The minimum absolute atomic E-state index is 0.718. The number of benzene rings is 1. The minimum Gasteiger partial charge on any atom is -0.490 e. The third kappa shape index (κ3) is 1.55. The zero-order valence-electron chi connectivity index (χ0n) is 9.01. The number of thiazole rings is 1. The first-order valence-corrected chi connectivity index (χ1v) is 6.14. The number of hydrogen-bond donors (Lipinski definition) is 0. The molecule has 82 valence electrons. The Labute approximate surface area is 98.3 Å². The molecule has 3 rings (SSSR count). The van der Waals surface area contributed by atoms with Gasteiger partial charge in [0.2, 0.25) is 0 Å². The summed E-state index contributed by atoms with van der Waals surface area (Å²) in [5, 5.41) is 3.13. The largest absolute Gasteiger partial charge is 0.490 e. The number of aromatic nitrogens is 1. The van der Waals surface area contributed by atoms with Crippen LogP contribution in [0.2, 0.25) is 0 Å². The van der Waals surface area contributed by atoms with Crippen molar-refractivity contribution in [2.45, 2.75) is 6.92 Å². The van der Waals surface area contributed by atoms with Gasteiger partial charge in [-0.25, -0.2) is 4.98 Å². The molecule has 0 spiro atoms. The molecule has 0 saturated heterocycles. The Balaban J connectivity index is 2.04. The average molecular weight is 232 g/mol. The Kier molecular flexibility index (Phi) is 2.29. The summed E-state index contributed by atoms with van der Waals surface area (Å²) >= 11 is 1.68. The van der Waals surface area contributed by atoms with Gasteiger partial charge in [0.15, 0.2) is 5.13 Å². The van der Waals surface area contributed by atoms with E-state index < -0.39 is 0 Å². The van der Waals surface area contributed by atoms with E-state index in [2.05, 4.69) is 21.3 Å². The summed E-state index contributed by atoms with van der Waals surface area (Å²) in [6.07, 6.45) is 0. The summed E-state index contributed by atoms with van der Waals surface area (Å²) in [6, 6.07) is 8.10. The van der Waals surface area contributed by atoms with Crippen molar-refractivity contribution in [2.24, 2.45) is 0 Å². The molecule has 3 nitrogen and oxygen atoms in total. The fourth-order valence-electron chi connectivity index (χ4n) is 1.83. The predicted molar refractivity (Wildman–Crippen MR) is 65.8 cm³/mol. The molecule has 0 radical (unpaired) electrons. The summed E-state index contributed by atoms with van der Waals surface area (Å²) < 4.78 is 5.62.